The third kappa shape index (κ3) is 0.766. The van der Waals surface area contributed by atoms with Gasteiger partial charge in [-0.1, -0.05) is 13.8 Å². The lowest BCUT2D eigenvalue weighted by atomic mass is 9.77. The molecule has 0 aromatic rings. The van der Waals surface area contributed by atoms with E-state index in [9.17, 15) is 0 Å². The zero-order chi connectivity index (χ0) is 5.44. The van der Waals surface area contributed by atoms with Crippen LogP contribution in [-0.4, -0.2) is 5.38 Å². The maximum Gasteiger partial charge on any atom is 0.0387 e. The van der Waals surface area contributed by atoms with E-state index < -0.39 is 0 Å². The summed E-state index contributed by atoms with van der Waals surface area (Å²) in [4.78, 5) is 0. The first kappa shape index (κ1) is 5.43. The van der Waals surface area contributed by atoms with Crippen LogP contribution in [0.2, 0.25) is 0 Å². The Kier molecular flexibility index (Phi) is 1.29. The molecule has 1 aliphatic carbocycles. The normalized spacial score (nSPS) is 51.0. The van der Waals surface area contributed by atoms with E-state index in [1.54, 1.807) is 0 Å². The molecule has 0 heterocycles. The highest BCUT2D eigenvalue weighted by molar-refractivity contribution is 6.21. The van der Waals surface area contributed by atoms with E-state index in [0.717, 1.165) is 11.8 Å². The van der Waals surface area contributed by atoms with Gasteiger partial charge in [-0.2, -0.15) is 0 Å². The fraction of sp³-hybridized carbons (Fsp3) is 1.00. The van der Waals surface area contributed by atoms with Crippen LogP contribution in [0.1, 0.15) is 20.3 Å². The minimum atomic E-state index is 0.472. The summed E-state index contributed by atoms with van der Waals surface area (Å²) in [6.07, 6.45) is 1.33. The molecule has 1 heteroatoms. The number of hydrogen-bond acceptors (Lipinski definition) is 0. The third-order valence-corrected chi connectivity index (χ3v) is 2.69. The maximum atomic E-state index is 5.85. The number of rotatable bonds is 0. The van der Waals surface area contributed by atoms with Gasteiger partial charge in [-0.3, -0.25) is 0 Å². The summed E-state index contributed by atoms with van der Waals surface area (Å²) in [6, 6.07) is 0. The Morgan fingerprint density at radius 1 is 1.29 bits per heavy atom. The average molecular weight is 119 g/mol. The molecular formula is C6H11Cl. The third-order valence-electron chi connectivity index (χ3n) is 1.83. The van der Waals surface area contributed by atoms with Crippen molar-refractivity contribution in [2.45, 2.75) is 25.6 Å². The molecule has 0 radical (unpaired) electrons. The van der Waals surface area contributed by atoms with Crippen molar-refractivity contribution in [1.29, 1.82) is 0 Å². The lowest BCUT2D eigenvalue weighted by molar-refractivity contribution is 0.243. The zero-order valence-corrected chi connectivity index (χ0v) is 5.57. The van der Waals surface area contributed by atoms with E-state index >= 15 is 0 Å². The molecule has 0 aromatic carbocycles. The van der Waals surface area contributed by atoms with Crippen LogP contribution in [0.25, 0.3) is 0 Å². The van der Waals surface area contributed by atoms with Crippen LogP contribution in [0.15, 0.2) is 0 Å². The van der Waals surface area contributed by atoms with Crippen LogP contribution >= 0.6 is 11.6 Å². The summed E-state index contributed by atoms with van der Waals surface area (Å²) in [5.74, 6) is 1.55. The van der Waals surface area contributed by atoms with Gasteiger partial charge in [0.25, 0.3) is 0 Å². The molecule has 2 atom stereocenters. The van der Waals surface area contributed by atoms with Crippen molar-refractivity contribution in [3.63, 3.8) is 0 Å². The summed E-state index contributed by atoms with van der Waals surface area (Å²) in [7, 11) is 0. The van der Waals surface area contributed by atoms with Crippen molar-refractivity contribution < 1.29 is 0 Å². The predicted octanol–water partition coefficient (Wildman–Crippen LogP) is 2.27. The van der Waals surface area contributed by atoms with Crippen molar-refractivity contribution in [3.05, 3.63) is 0 Å². The monoisotopic (exact) mass is 118 g/mol. The maximum absolute atomic E-state index is 5.85. The van der Waals surface area contributed by atoms with E-state index in [1.165, 1.54) is 6.42 Å². The van der Waals surface area contributed by atoms with Gasteiger partial charge in [-0.15, -0.1) is 11.6 Å². The molecule has 0 N–H and O–H groups in total. The second-order valence-corrected chi connectivity index (χ2v) is 3.14. The molecule has 42 valence electrons. The summed E-state index contributed by atoms with van der Waals surface area (Å²) in [6.45, 7) is 4.41. The summed E-state index contributed by atoms with van der Waals surface area (Å²) < 4.78 is 0. The quantitative estimate of drug-likeness (QED) is 0.428. The molecule has 0 aliphatic heterocycles. The smallest absolute Gasteiger partial charge is 0.0387 e. The second kappa shape index (κ2) is 1.66. The molecule has 0 nitrogen and oxygen atoms in total. The van der Waals surface area contributed by atoms with Crippen molar-refractivity contribution in [3.8, 4) is 0 Å². The highest BCUT2D eigenvalue weighted by Gasteiger charge is 2.32. The minimum Gasteiger partial charge on any atom is -0.122 e. The summed E-state index contributed by atoms with van der Waals surface area (Å²) in [5.41, 5.74) is 0. The first-order valence-electron chi connectivity index (χ1n) is 2.86. The van der Waals surface area contributed by atoms with Gasteiger partial charge >= 0.3 is 0 Å². The van der Waals surface area contributed by atoms with Gasteiger partial charge in [0.15, 0.2) is 0 Å². The van der Waals surface area contributed by atoms with Gasteiger partial charge < -0.3 is 0 Å². The Hall–Kier alpha value is 0.290. The first-order chi connectivity index (χ1) is 3.22. The van der Waals surface area contributed by atoms with Crippen molar-refractivity contribution >= 4 is 11.6 Å². The van der Waals surface area contributed by atoms with E-state index in [0.29, 0.717) is 5.38 Å². The molecule has 0 bridgehead atoms. The molecular weight excluding hydrogens is 108 g/mol. The summed E-state index contributed by atoms with van der Waals surface area (Å²) in [5, 5.41) is 0.472. The van der Waals surface area contributed by atoms with Crippen LogP contribution in [0.3, 0.4) is 0 Å². The highest BCUT2D eigenvalue weighted by atomic mass is 35.5. The summed E-state index contributed by atoms with van der Waals surface area (Å²) >= 11 is 5.85. The van der Waals surface area contributed by atoms with Crippen LogP contribution in [0.5, 0.6) is 0 Å². The Balaban J connectivity index is 2.29. The van der Waals surface area contributed by atoms with Crippen molar-refractivity contribution in [2.75, 3.05) is 0 Å². The molecule has 0 saturated heterocycles. The van der Waals surface area contributed by atoms with Gasteiger partial charge in [-0.25, -0.2) is 0 Å². The predicted molar refractivity (Wildman–Crippen MR) is 32.6 cm³/mol. The number of halogens is 1. The molecule has 7 heavy (non-hydrogen) atoms. The Morgan fingerprint density at radius 3 is 1.71 bits per heavy atom. The van der Waals surface area contributed by atoms with E-state index in [2.05, 4.69) is 13.8 Å². The van der Waals surface area contributed by atoms with E-state index in [4.69, 9.17) is 11.6 Å². The van der Waals surface area contributed by atoms with Gasteiger partial charge in [0.05, 0.1) is 0 Å². The Morgan fingerprint density at radius 2 is 1.71 bits per heavy atom. The number of hydrogen-bond donors (Lipinski definition) is 0. The first-order valence-corrected chi connectivity index (χ1v) is 3.29. The lowest BCUT2D eigenvalue weighted by Gasteiger charge is -2.35. The standard InChI is InChI=1S/C6H11Cl/c1-4-3-5(2)6(4)7/h4-6H,3H2,1-2H3. The average Bonchev–Trinajstić information content (AvgIpc) is 1.68. The molecule has 1 saturated carbocycles. The fourth-order valence-corrected chi connectivity index (χ4v) is 1.42. The molecule has 1 fully saturated rings. The van der Waals surface area contributed by atoms with Crippen LogP contribution in [0, 0.1) is 11.8 Å². The lowest BCUT2D eigenvalue weighted by Crippen LogP contribution is -2.33. The molecule has 1 rings (SSSR count). The van der Waals surface area contributed by atoms with Gasteiger partial charge in [0.2, 0.25) is 0 Å². The molecule has 2 unspecified atom stereocenters. The van der Waals surface area contributed by atoms with E-state index in [-0.39, 0.29) is 0 Å². The second-order valence-electron chi connectivity index (χ2n) is 2.63. The highest BCUT2D eigenvalue weighted by Crippen LogP contribution is 2.37. The van der Waals surface area contributed by atoms with Crippen molar-refractivity contribution in [1.82, 2.24) is 0 Å². The largest absolute Gasteiger partial charge is 0.122 e. The van der Waals surface area contributed by atoms with Crippen LogP contribution < -0.4 is 0 Å². The van der Waals surface area contributed by atoms with E-state index in [1.807, 2.05) is 0 Å². The van der Waals surface area contributed by atoms with Crippen LogP contribution in [-0.2, 0) is 0 Å². The zero-order valence-electron chi connectivity index (χ0n) is 4.82. The molecule has 1 aliphatic rings. The fourth-order valence-electron chi connectivity index (χ4n) is 1.21. The molecule has 0 aromatic heterocycles. The topological polar surface area (TPSA) is 0 Å². The Bertz CT molecular complexity index is 62.6. The number of alkyl halides is 1. The van der Waals surface area contributed by atoms with Crippen LogP contribution in [0.4, 0.5) is 0 Å². The van der Waals surface area contributed by atoms with Gasteiger partial charge in [-0.05, 0) is 18.3 Å². The van der Waals surface area contributed by atoms with Gasteiger partial charge in [0.1, 0.15) is 0 Å². The van der Waals surface area contributed by atoms with Crippen molar-refractivity contribution in [2.24, 2.45) is 11.8 Å². The molecule has 0 spiro atoms. The SMILES string of the molecule is CC1CC(C)C1Cl. The molecule has 0 amide bonds. The minimum absolute atomic E-state index is 0.472. The Labute approximate surface area is 49.9 Å². The van der Waals surface area contributed by atoms with Gasteiger partial charge in [0, 0.05) is 5.38 Å².